The van der Waals surface area contributed by atoms with Crippen molar-refractivity contribution in [3.63, 3.8) is 0 Å². The number of aromatic hydroxyl groups is 2. The first-order valence-electron chi connectivity index (χ1n) is 9.96. The molecule has 2 aliphatic heterocycles. The van der Waals surface area contributed by atoms with Gasteiger partial charge in [-0.15, -0.1) is 0 Å². The predicted molar refractivity (Wildman–Crippen MR) is 106 cm³/mol. The fraction of sp³-hybridized carbons (Fsp3) is 0.304. The normalized spacial score (nSPS) is 21.0. The molecule has 7 heteroatoms. The van der Waals surface area contributed by atoms with Crippen molar-refractivity contribution in [1.82, 2.24) is 9.47 Å². The lowest BCUT2D eigenvalue weighted by Crippen LogP contribution is -2.41. The van der Waals surface area contributed by atoms with Gasteiger partial charge in [-0.05, 0) is 36.6 Å². The van der Waals surface area contributed by atoms with E-state index in [1.54, 1.807) is 0 Å². The number of rotatable bonds is 3. The second kappa shape index (κ2) is 6.80. The molecule has 1 aromatic heterocycles. The van der Waals surface area contributed by atoms with Crippen molar-refractivity contribution in [2.45, 2.75) is 37.5 Å². The predicted octanol–water partition coefficient (Wildman–Crippen LogP) is 5.34. The van der Waals surface area contributed by atoms with Gasteiger partial charge in [-0.25, -0.2) is 0 Å². The van der Waals surface area contributed by atoms with E-state index in [2.05, 4.69) is 4.90 Å². The van der Waals surface area contributed by atoms with Gasteiger partial charge in [0.25, 0.3) is 0 Å². The number of hydrogen-bond donors (Lipinski definition) is 2. The van der Waals surface area contributed by atoms with Crippen molar-refractivity contribution >= 4 is 0 Å². The zero-order valence-electron chi connectivity index (χ0n) is 16.1. The Bertz CT molecular complexity index is 1090. The summed E-state index contributed by atoms with van der Waals surface area (Å²) >= 11 is 0. The smallest absolute Gasteiger partial charge is 0.416 e. The molecule has 1 fully saturated rings. The van der Waals surface area contributed by atoms with Gasteiger partial charge in [0, 0.05) is 36.2 Å². The topological polar surface area (TPSA) is 48.6 Å². The maximum atomic E-state index is 13.2. The summed E-state index contributed by atoms with van der Waals surface area (Å²) in [6, 6.07) is 14.6. The number of nitrogens with zero attached hydrogens (tertiary/aromatic N) is 2. The van der Waals surface area contributed by atoms with Crippen LogP contribution in [0, 0.1) is 0 Å². The molecule has 156 valence electrons. The number of hydrogen-bond acceptors (Lipinski definition) is 3. The minimum atomic E-state index is -4.50. The van der Waals surface area contributed by atoms with Crippen LogP contribution in [0.5, 0.6) is 11.8 Å². The molecule has 3 aromatic rings. The highest BCUT2D eigenvalue weighted by atomic mass is 19.4. The van der Waals surface area contributed by atoms with Crippen LogP contribution >= 0.6 is 0 Å². The van der Waals surface area contributed by atoms with E-state index in [1.807, 2.05) is 30.3 Å². The lowest BCUT2D eigenvalue weighted by atomic mass is 9.76. The molecular formula is C23H21F3N2O2. The van der Waals surface area contributed by atoms with Crippen LogP contribution in [-0.2, 0) is 12.7 Å². The Morgan fingerprint density at radius 3 is 2.37 bits per heavy atom. The van der Waals surface area contributed by atoms with Gasteiger partial charge >= 0.3 is 6.18 Å². The van der Waals surface area contributed by atoms with E-state index in [9.17, 15) is 23.4 Å². The summed E-state index contributed by atoms with van der Waals surface area (Å²) in [5, 5.41) is 21.9. The summed E-state index contributed by atoms with van der Waals surface area (Å²) in [4.78, 5) is 2.28. The molecule has 2 N–H and O–H groups in total. The Kier molecular flexibility index (Phi) is 4.32. The van der Waals surface area contributed by atoms with E-state index >= 15 is 0 Å². The number of piperidine rings is 1. The standard InChI is InChI=1S/C23H21F3N2O2/c24-23(25,26)16-7-4-8-17(11-16)28-21(29)19-15-9-10-18(20(19)22(28)30)27(13-15)12-14-5-2-1-3-6-14/h1-8,11,15,18,29-30H,9-10,12-13H2/t15-,18-/m0/s1. The second-order valence-electron chi connectivity index (χ2n) is 8.06. The van der Waals surface area contributed by atoms with Crippen LogP contribution in [0.3, 0.4) is 0 Å². The third-order valence-corrected chi connectivity index (χ3v) is 6.28. The van der Waals surface area contributed by atoms with Crippen LogP contribution in [0.15, 0.2) is 54.6 Å². The third-order valence-electron chi connectivity index (χ3n) is 6.28. The minimum absolute atomic E-state index is 0.0339. The molecule has 3 heterocycles. The quantitative estimate of drug-likeness (QED) is 0.608. The molecule has 0 amide bonds. The highest BCUT2D eigenvalue weighted by Crippen LogP contribution is 2.55. The number of benzene rings is 2. The highest BCUT2D eigenvalue weighted by molar-refractivity contribution is 5.58. The molecular weight excluding hydrogens is 393 g/mol. The van der Waals surface area contributed by atoms with Crippen molar-refractivity contribution in [1.29, 1.82) is 0 Å². The number of fused-ring (bicyclic) bond motifs is 2. The van der Waals surface area contributed by atoms with E-state index < -0.39 is 11.7 Å². The van der Waals surface area contributed by atoms with E-state index in [-0.39, 0.29) is 29.4 Å². The summed E-state index contributed by atoms with van der Waals surface area (Å²) < 4.78 is 40.6. The summed E-state index contributed by atoms with van der Waals surface area (Å²) in [5.41, 5.74) is 1.75. The fourth-order valence-electron chi connectivity index (χ4n) is 4.98. The Morgan fingerprint density at radius 1 is 0.900 bits per heavy atom. The van der Waals surface area contributed by atoms with Gasteiger partial charge < -0.3 is 10.2 Å². The molecule has 3 aliphatic rings. The SMILES string of the molecule is Oc1c2c(c(O)n1-c1cccc(C(F)(F)F)c1)[C@@H]1CC[C@H]2CN1Cc1ccccc1. The van der Waals surface area contributed by atoms with Gasteiger partial charge in [0.05, 0.1) is 11.3 Å². The highest BCUT2D eigenvalue weighted by Gasteiger charge is 2.44. The Balaban J connectivity index is 1.57. The van der Waals surface area contributed by atoms with Crippen molar-refractivity contribution in [3.8, 4) is 17.4 Å². The Hall–Kier alpha value is -2.93. The minimum Gasteiger partial charge on any atom is -0.494 e. The maximum absolute atomic E-state index is 13.2. The molecule has 6 rings (SSSR count). The van der Waals surface area contributed by atoms with Gasteiger partial charge in [-0.2, -0.15) is 13.2 Å². The first-order valence-corrected chi connectivity index (χ1v) is 9.96. The van der Waals surface area contributed by atoms with E-state index in [0.717, 1.165) is 48.2 Å². The molecule has 0 radical (unpaired) electrons. The zero-order valence-corrected chi connectivity index (χ0v) is 16.1. The first kappa shape index (κ1) is 19.1. The van der Waals surface area contributed by atoms with E-state index in [4.69, 9.17) is 0 Å². The molecule has 0 spiro atoms. The van der Waals surface area contributed by atoms with E-state index in [1.165, 1.54) is 12.1 Å². The van der Waals surface area contributed by atoms with Crippen LogP contribution < -0.4 is 0 Å². The van der Waals surface area contributed by atoms with Crippen LogP contribution in [-0.4, -0.2) is 26.2 Å². The largest absolute Gasteiger partial charge is 0.494 e. The molecule has 4 nitrogen and oxygen atoms in total. The van der Waals surface area contributed by atoms with Gasteiger partial charge in [0.2, 0.25) is 11.8 Å². The average molecular weight is 414 g/mol. The Morgan fingerprint density at radius 2 is 1.63 bits per heavy atom. The molecule has 2 bridgehead atoms. The molecule has 30 heavy (non-hydrogen) atoms. The van der Waals surface area contributed by atoms with Crippen LogP contribution in [0.2, 0.25) is 0 Å². The summed E-state index contributed by atoms with van der Waals surface area (Å²) in [5.74, 6) is -0.295. The molecule has 0 unspecified atom stereocenters. The molecule has 2 aromatic carbocycles. The second-order valence-corrected chi connectivity index (χ2v) is 8.06. The summed E-state index contributed by atoms with van der Waals surface area (Å²) in [6.45, 7) is 1.46. The van der Waals surface area contributed by atoms with Crippen molar-refractivity contribution < 1.29 is 23.4 Å². The lowest BCUT2D eigenvalue weighted by molar-refractivity contribution is -0.137. The maximum Gasteiger partial charge on any atom is 0.416 e. The molecule has 1 saturated heterocycles. The summed E-state index contributed by atoms with van der Waals surface area (Å²) in [7, 11) is 0. The van der Waals surface area contributed by atoms with Crippen LogP contribution in [0.25, 0.3) is 5.69 Å². The lowest BCUT2D eigenvalue weighted by Gasteiger charge is -2.45. The van der Waals surface area contributed by atoms with Gasteiger partial charge in [-0.1, -0.05) is 36.4 Å². The Labute approximate surface area is 171 Å². The van der Waals surface area contributed by atoms with Crippen molar-refractivity contribution in [2.24, 2.45) is 0 Å². The molecule has 1 aliphatic carbocycles. The molecule has 0 saturated carbocycles. The fourth-order valence-corrected chi connectivity index (χ4v) is 4.98. The summed E-state index contributed by atoms with van der Waals surface area (Å²) in [6.07, 6.45) is -2.79. The monoisotopic (exact) mass is 414 g/mol. The average Bonchev–Trinajstić information content (AvgIpc) is 3.01. The van der Waals surface area contributed by atoms with Crippen molar-refractivity contribution in [3.05, 3.63) is 76.9 Å². The van der Waals surface area contributed by atoms with Crippen molar-refractivity contribution in [2.75, 3.05) is 6.54 Å². The first-order chi connectivity index (χ1) is 14.3. The zero-order chi connectivity index (χ0) is 21.0. The van der Waals surface area contributed by atoms with Gasteiger partial charge in [-0.3, -0.25) is 9.47 Å². The number of alkyl halides is 3. The number of aromatic nitrogens is 1. The van der Waals surface area contributed by atoms with Crippen LogP contribution in [0.4, 0.5) is 13.2 Å². The van der Waals surface area contributed by atoms with Crippen LogP contribution in [0.1, 0.15) is 47.1 Å². The van der Waals surface area contributed by atoms with Gasteiger partial charge in [0.1, 0.15) is 0 Å². The number of halogens is 3. The van der Waals surface area contributed by atoms with E-state index in [0.29, 0.717) is 11.1 Å². The molecule has 2 atom stereocenters. The van der Waals surface area contributed by atoms with Gasteiger partial charge in [0.15, 0.2) is 0 Å². The third kappa shape index (κ3) is 2.96.